The van der Waals surface area contributed by atoms with Gasteiger partial charge in [-0.3, -0.25) is 9.59 Å². The Morgan fingerprint density at radius 2 is 0.939 bits per heavy atom. The summed E-state index contributed by atoms with van der Waals surface area (Å²) in [7, 11) is 0. The van der Waals surface area contributed by atoms with Crippen LogP contribution in [-0.2, 0) is 42.8 Å². The Labute approximate surface area is 594 Å². The van der Waals surface area contributed by atoms with E-state index in [9.17, 15) is 75.7 Å². The van der Waals surface area contributed by atoms with Crippen LogP contribution in [0.5, 0.6) is 0 Å². The summed E-state index contributed by atoms with van der Waals surface area (Å²) in [5, 5.41) is 136. The van der Waals surface area contributed by atoms with Crippen molar-refractivity contribution in [3.63, 3.8) is 0 Å². The maximum absolute atomic E-state index is 13.5. The van der Waals surface area contributed by atoms with Crippen molar-refractivity contribution in [2.75, 3.05) is 26.4 Å². The van der Waals surface area contributed by atoms with Crippen molar-refractivity contribution in [1.29, 1.82) is 0 Å². The molecule has 0 bridgehead atoms. The summed E-state index contributed by atoms with van der Waals surface area (Å²) in [6.45, 7) is 2.25. The SMILES string of the molecule is CCCCCCCCCCCCCC/C=C\CCCCCCCCCCCCCC(=O)NC(COC1OC(CO)C(OC2OC(CO)C(O)C(OC3(C(=O)O)CC(O)C(NC(C)=O)C(C(O)C(O)CO)O3)C2O)C(O)C1O)C(O)CCCCCCCCCCCCCCCCCCCC. The highest BCUT2D eigenvalue weighted by Crippen LogP contribution is 2.39. The molecule has 99 heavy (non-hydrogen) atoms. The highest BCUT2D eigenvalue weighted by molar-refractivity contribution is 5.77. The Morgan fingerprint density at radius 1 is 0.515 bits per heavy atom. The molecule has 0 spiro atoms. The minimum atomic E-state index is -3.08. The van der Waals surface area contributed by atoms with E-state index in [4.69, 9.17) is 28.4 Å². The summed E-state index contributed by atoms with van der Waals surface area (Å²) in [5.41, 5.74) is 0. The van der Waals surface area contributed by atoms with Gasteiger partial charge in [0, 0.05) is 19.8 Å². The fourth-order valence-electron chi connectivity index (χ4n) is 13.9. The summed E-state index contributed by atoms with van der Waals surface area (Å²) in [5.74, 6) is -6.09. The molecule has 3 fully saturated rings. The van der Waals surface area contributed by atoms with Crippen LogP contribution in [0.1, 0.15) is 316 Å². The number of nitrogens with one attached hydrogen (secondary N) is 2. The molecule has 0 aromatic heterocycles. The summed E-state index contributed by atoms with van der Waals surface area (Å²) in [6.07, 6.45) is 29.2. The molecule has 14 N–H and O–H groups in total. The van der Waals surface area contributed by atoms with Gasteiger partial charge in [-0.05, 0) is 38.5 Å². The smallest absolute Gasteiger partial charge is 0.364 e. The monoisotopic (exact) mass is 1420 g/mol. The average molecular weight is 1420 g/mol. The molecule has 2 amide bonds. The fourth-order valence-corrected chi connectivity index (χ4v) is 13.9. The van der Waals surface area contributed by atoms with Gasteiger partial charge in [-0.15, -0.1) is 0 Å². The predicted octanol–water partition coefficient (Wildman–Crippen LogP) is 9.80. The highest BCUT2D eigenvalue weighted by atomic mass is 16.8. The second-order valence-electron chi connectivity index (χ2n) is 28.9. The Hall–Kier alpha value is -2.53. The van der Waals surface area contributed by atoms with Crippen molar-refractivity contribution in [1.82, 2.24) is 10.6 Å². The number of hydrogen-bond donors (Lipinski definition) is 14. The van der Waals surface area contributed by atoms with E-state index in [0.717, 1.165) is 58.3 Å². The molecule has 0 radical (unpaired) electrons. The summed E-state index contributed by atoms with van der Waals surface area (Å²) >= 11 is 0. The number of carbonyl (C=O) groups is 3. The van der Waals surface area contributed by atoms with Crippen LogP contribution >= 0.6 is 0 Å². The van der Waals surface area contributed by atoms with Gasteiger partial charge in [0.05, 0.1) is 50.7 Å². The van der Waals surface area contributed by atoms with E-state index in [1.54, 1.807) is 0 Å². The van der Waals surface area contributed by atoms with E-state index in [1.807, 2.05) is 0 Å². The quantitative estimate of drug-likeness (QED) is 0.0199. The van der Waals surface area contributed by atoms with Crippen LogP contribution in [0.25, 0.3) is 0 Å². The molecule has 23 heteroatoms. The lowest BCUT2D eigenvalue weighted by Crippen LogP contribution is -2.70. The van der Waals surface area contributed by atoms with Gasteiger partial charge in [0.1, 0.15) is 67.1 Å². The zero-order valence-corrected chi connectivity index (χ0v) is 61.4. The Balaban J connectivity index is 1.51. The summed E-state index contributed by atoms with van der Waals surface area (Å²) < 4.78 is 35.0. The largest absolute Gasteiger partial charge is 0.477 e. The number of ether oxygens (including phenoxy) is 6. The topological polar surface area (TPSA) is 373 Å². The van der Waals surface area contributed by atoms with Crippen molar-refractivity contribution in [2.45, 2.75) is 426 Å². The van der Waals surface area contributed by atoms with Crippen LogP contribution in [-0.4, -0.2) is 215 Å². The maximum Gasteiger partial charge on any atom is 0.364 e. The minimum Gasteiger partial charge on any atom is -0.477 e. The van der Waals surface area contributed by atoms with Gasteiger partial charge in [-0.25, -0.2) is 4.79 Å². The second kappa shape index (κ2) is 55.9. The van der Waals surface area contributed by atoms with E-state index in [-0.39, 0.29) is 18.9 Å². The first-order chi connectivity index (χ1) is 47.9. The predicted molar refractivity (Wildman–Crippen MR) is 380 cm³/mol. The molecule has 3 aliphatic rings. The van der Waals surface area contributed by atoms with Gasteiger partial charge in [0.2, 0.25) is 11.8 Å². The van der Waals surface area contributed by atoms with Gasteiger partial charge in [-0.2, -0.15) is 0 Å². The fraction of sp³-hybridized carbons (Fsp3) is 0.934. The number of aliphatic carboxylic acids is 1. The molecule has 3 aliphatic heterocycles. The number of allylic oxidation sites excluding steroid dienone is 2. The number of carboxylic acid groups (broad SMARTS) is 1. The van der Waals surface area contributed by atoms with Gasteiger partial charge in [0.25, 0.3) is 5.79 Å². The van der Waals surface area contributed by atoms with E-state index >= 15 is 0 Å². The van der Waals surface area contributed by atoms with Gasteiger partial charge >= 0.3 is 5.97 Å². The number of unbranched alkanes of at least 4 members (excludes halogenated alkanes) is 40. The maximum atomic E-state index is 13.5. The molecule has 582 valence electrons. The molecular formula is C76H142N2O21. The number of aliphatic hydroxyl groups excluding tert-OH is 11. The average Bonchev–Trinajstić information content (AvgIpc) is 0.757. The zero-order chi connectivity index (χ0) is 72.5. The third kappa shape index (κ3) is 36.8. The van der Waals surface area contributed by atoms with Crippen LogP contribution < -0.4 is 10.6 Å². The normalized spacial score (nSPS) is 27.1. The minimum absolute atomic E-state index is 0.225. The first-order valence-electron chi connectivity index (χ1n) is 39.5. The highest BCUT2D eigenvalue weighted by Gasteiger charge is 2.60. The standard InChI is InChI=1S/C76H142N2O21/c1-4-6-8-10-12-14-16-18-20-22-24-25-26-27-28-29-30-31-32-34-36-38-40-42-44-46-48-50-63(86)78-57(58(83)49-47-45-43-41-39-37-35-33-23-21-19-17-15-13-11-9-7-5-2)55-94-73-68(90)67(89)70(62(54-81)96-73)97-74-69(91)72(66(88)61(53-80)95-74)99-76(75(92)93)51-59(84)64(77-56(3)82)71(98-76)65(87)60(85)52-79/h27-28,57-62,64-74,79-81,83-85,87-91H,4-26,29-55H2,1-3H3,(H,77,82)(H,78,86)(H,92,93)/b28-27-. The molecule has 0 aromatic rings. The number of amides is 2. The molecule has 3 rings (SSSR count). The Bertz CT molecular complexity index is 2030. The molecule has 18 unspecified atom stereocenters. The summed E-state index contributed by atoms with van der Waals surface area (Å²) in [4.78, 5) is 38.7. The first-order valence-corrected chi connectivity index (χ1v) is 39.5. The molecule has 0 saturated carbocycles. The van der Waals surface area contributed by atoms with E-state index < -0.39 is 148 Å². The number of hydrogen-bond acceptors (Lipinski definition) is 20. The van der Waals surface area contributed by atoms with Gasteiger partial charge < -0.3 is 100 Å². The lowest BCUT2D eigenvalue weighted by Gasteiger charge is -2.50. The molecule has 3 saturated heterocycles. The van der Waals surface area contributed by atoms with Gasteiger partial charge in [0.15, 0.2) is 12.6 Å². The molecule has 23 nitrogen and oxygen atoms in total. The third-order valence-electron chi connectivity index (χ3n) is 20.2. The number of carbonyl (C=O) groups excluding carboxylic acids is 2. The van der Waals surface area contributed by atoms with Crippen LogP contribution in [0.3, 0.4) is 0 Å². The zero-order valence-electron chi connectivity index (χ0n) is 61.4. The number of rotatable bonds is 62. The van der Waals surface area contributed by atoms with Crippen molar-refractivity contribution in [3.05, 3.63) is 12.2 Å². The Morgan fingerprint density at radius 3 is 1.36 bits per heavy atom. The Kier molecular flexibility index (Phi) is 51.2. The van der Waals surface area contributed by atoms with E-state index in [0.29, 0.717) is 19.3 Å². The van der Waals surface area contributed by atoms with Crippen molar-refractivity contribution in [3.8, 4) is 0 Å². The van der Waals surface area contributed by atoms with Crippen molar-refractivity contribution >= 4 is 17.8 Å². The lowest BCUT2D eigenvalue weighted by atomic mass is 9.88. The number of aliphatic hydroxyl groups is 11. The summed E-state index contributed by atoms with van der Waals surface area (Å²) in [6, 6.07) is -2.53. The van der Waals surface area contributed by atoms with Crippen molar-refractivity contribution < 1.29 is 104 Å². The molecule has 0 aromatic carbocycles. The second-order valence-corrected chi connectivity index (χ2v) is 28.9. The van der Waals surface area contributed by atoms with Gasteiger partial charge in [-0.1, -0.05) is 270 Å². The van der Waals surface area contributed by atoms with Crippen LogP contribution in [0, 0.1) is 0 Å². The van der Waals surface area contributed by atoms with E-state index in [1.165, 1.54) is 212 Å². The molecule has 3 heterocycles. The van der Waals surface area contributed by atoms with Crippen LogP contribution in [0.4, 0.5) is 0 Å². The first kappa shape index (κ1) is 90.7. The lowest BCUT2D eigenvalue weighted by molar-refractivity contribution is -0.386. The third-order valence-corrected chi connectivity index (χ3v) is 20.2. The van der Waals surface area contributed by atoms with Crippen molar-refractivity contribution in [2.24, 2.45) is 0 Å². The van der Waals surface area contributed by atoms with E-state index in [2.05, 4.69) is 36.6 Å². The molecule has 18 atom stereocenters. The molecular weight excluding hydrogens is 1280 g/mol. The van der Waals surface area contributed by atoms with Crippen LogP contribution in [0.2, 0.25) is 0 Å². The van der Waals surface area contributed by atoms with Crippen LogP contribution in [0.15, 0.2) is 12.2 Å². The number of carboxylic acids is 1. The molecule has 0 aliphatic carbocycles.